The quantitative estimate of drug-likeness (QED) is 0.166. The Morgan fingerprint density at radius 2 is 0.743 bits per heavy atom. The second-order valence-electron chi connectivity index (χ2n) is 7.80. The molecule has 0 spiro atoms. The molecule has 4 rings (SSSR count). The summed E-state index contributed by atoms with van der Waals surface area (Å²) in [5.74, 6) is 0.997. The third-order valence-electron chi connectivity index (χ3n) is 5.03. The molecule has 4 nitrogen and oxygen atoms in total. The van der Waals surface area contributed by atoms with E-state index in [1.165, 1.54) is 0 Å². The molecule has 0 saturated carbocycles. The number of phenols is 4. The van der Waals surface area contributed by atoms with E-state index in [1.54, 1.807) is 48.5 Å². The largest absolute Gasteiger partial charge is 0.508 e. The van der Waals surface area contributed by atoms with Crippen LogP contribution >= 0.6 is 63.7 Å². The fourth-order valence-electron chi connectivity index (χ4n) is 3.13. The Labute approximate surface area is 238 Å². The summed E-state index contributed by atoms with van der Waals surface area (Å²) in [5, 5.41) is 38.1. The predicted octanol–water partition coefficient (Wildman–Crippen LogP) is 9.26. The van der Waals surface area contributed by atoms with Crippen LogP contribution in [-0.4, -0.2) is 20.4 Å². The third kappa shape index (κ3) is 8.00. The number of phenolic OH excluding ortho intramolecular Hbond substituents is 4. The highest BCUT2D eigenvalue weighted by molar-refractivity contribution is 9.11. The van der Waals surface area contributed by atoms with Crippen LogP contribution in [0.4, 0.5) is 0 Å². The summed E-state index contributed by atoms with van der Waals surface area (Å²) in [6.07, 6.45) is 0. The predicted molar refractivity (Wildman–Crippen MR) is 155 cm³/mol. The lowest BCUT2D eigenvalue weighted by molar-refractivity contribution is 0.435. The summed E-state index contributed by atoms with van der Waals surface area (Å²) in [6, 6.07) is 25.2. The van der Waals surface area contributed by atoms with Crippen LogP contribution in [0.2, 0.25) is 0 Å². The van der Waals surface area contributed by atoms with Gasteiger partial charge in [0.05, 0.1) is 17.9 Å². The summed E-state index contributed by atoms with van der Waals surface area (Å²) in [5.41, 5.74) is 1.18. The lowest BCUT2D eigenvalue weighted by Crippen LogP contribution is -2.19. The van der Waals surface area contributed by atoms with E-state index in [4.69, 9.17) is 10.2 Å². The number of benzene rings is 4. The van der Waals surface area contributed by atoms with Gasteiger partial charge >= 0.3 is 0 Å². The van der Waals surface area contributed by atoms with Gasteiger partial charge in [0.2, 0.25) is 0 Å². The first kappa shape index (κ1) is 29.2. The summed E-state index contributed by atoms with van der Waals surface area (Å²) >= 11 is 12.7. The van der Waals surface area contributed by atoms with Gasteiger partial charge < -0.3 is 20.4 Å². The summed E-state index contributed by atoms with van der Waals surface area (Å²) < 4.78 is 2.82. The summed E-state index contributed by atoms with van der Waals surface area (Å²) in [7, 11) is 0. The molecule has 0 aromatic heterocycles. The third-order valence-corrected chi connectivity index (χ3v) is 7.59. The Morgan fingerprint density at radius 1 is 0.457 bits per heavy atom. The number of halogens is 4. The van der Waals surface area contributed by atoms with Crippen LogP contribution in [0.1, 0.15) is 25.0 Å². The normalized spacial score (nSPS) is 10.5. The Balaban J connectivity index is 0.000000203. The van der Waals surface area contributed by atoms with E-state index in [1.807, 2.05) is 50.2 Å². The number of rotatable bonds is 2. The zero-order valence-electron chi connectivity index (χ0n) is 18.9. The van der Waals surface area contributed by atoms with E-state index >= 15 is 0 Å². The first-order chi connectivity index (χ1) is 16.5. The number of hydrogen-bond donors (Lipinski definition) is 4. The van der Waals surface area contributed by atoms with Crippen molar-refractivity contribution in [2.24, 2.45) is 0 Å². The van der Waals surface area contributed by atoms with Crippen LogP contribution in [0.25, 0.3) is 0 Å². The molecule has 0 unspecified atom stereocenters. The second kappa shape index (κ2) is 13.3. The van der Waals surface area contributed by atoms with Gasteiger partial charge in [0.15, 0.2) is 0 Å². The first-order valence-electron chi connectivity index (χ1n) is 10.3. The molecule has 184 valence electrons. The fourth-order valence-corrected chi connectivity index (χ4v) is 5.12. The van der Waals surface area contributed by atoms with E-state index in [9.17, 15) is 10.2 Å². The van der Waals surface area contributed by atoms with Gasteiger partial charge in [-0.25, -0.2) is 0 Å². The minimum Gasteiger partial charge on any atom is -0.508 e. The number of hydrogen-bond acceptors (Lipinski definition) is 4. The van der Waals surface area contributed by atoms with Crippen LogP contribution in [0.15, 0.2) is 103 Å². The molecule has 0 bridgehead atoms. The topological polar surface area (TPSA) is 80.9 Å². The van der Waals surface area contributed by atoms with E-state index in [2.05, 4.69) is 63.7 Å². The molecule has 8 heteroatoms. The van der Waals surface area contributed by atoms with Crippen LogP contribution < -0.4 is 0 Å². The molecular formula is C27H24Br4O4. The Kier molecular flexibility index (Phi) is 11.1. The van der Waals surface area contributed by atoms with Gasteiger partial charge in [0.25, 0.3) is 0 Å². The molecule has 35 heavy (non-hydrogen) atoms. The van der Waals surface area contributed by atoms with Crippen LogP contribution in [0.5, 0.6) is 23.0 Å². The molecule has 0 fully saturated rings. The van der Waals surface area contributed by atoms with Gasteiger partial charge in [-0.05, 0) is 100 Å². The standard InChI is InChI=1S/C15H16O2.2C6H4Br2O/c1-15(2,11-7-3-5-9-13(11)16)12-8-4-6-10-14(12)17;2*7-4-2-1-3-5(8)6(4)9/h3-10,16-17H,1-2H3;2*1-3,9H. The Morgan fingerprint density at radius 3 is 1.00 bits per heavy atom. The zero-order chi connectivity index (χ0) is 26.2. The molecule has 0 heterocycles. The van der Waals surface area contributed by atoms with Crippen molar-refractivity contribution in [1.82, 2.24) is 0 Å². The average Bonchev–Trinajstić information content (AvgIpc) is 2.82. The Bertz CT molecular complexity index is 1140. The highest BCUT2D eigenvalue weighted by Crippen LogP contribution is 2.40. The molecule has 4 aromatic rings. The minimum atomic E-state index is -0.434. The van der Waals surface area contributed by atoms with Gasteiger partial charge in [0.1, 0.15) is 23.0 Å². The molecule has 0 aliphatic rings. The van der Waals surface area contributed by atoms with Gasteiger partial charge in [-0.2, -0.15) is 0 Å². The van der Waals surface area contributed by atoms with Gasteiger partial charge in [-0.1, -0.05) is 62.4 Å². The maximum atomic E-state index is 9.92. The summed E-state index contributed by atoms with van der Waals surface area (Å²) in [6.45, 7) is 3.97. The lowest BCUT2D eigenvalue weighted by Gasteiger charge is -2.27. The smallest absolute Gasteiger partial charge is 0.143 e. The van der Waals surface area contributed by atoms with E-state index in [0.717, 1.165) is 11.1 Å². The molecule has 0 saturated heterocycles. The molecule has 4 aromatic carbocycles. The first-order valence-corrected chi connectivity index (χ1v) is 13.5. The van der Waals surface area contributed by atoms with Crippen molar-refractivity contribution in [2.45, 2.75) is 19.3 Å². The van der Waals surface area contributed by atoms with Crippen molar-refractivity contribution in [3.63, 3.8) is 0 Å². The molecule has 0 radical (unpaired) electrons. The van der Waals surface area contributed by atoms with Crippen LogP contribution in [0.3, 0.4) is 0 Å². The van der Waals surface area contributed by atoms with Gasteiger partial charge in [-0.15, -0.1) is 0 Å². The van der Waals surface area contributed by atoms with Crippen molar-refractivity contribution in [3.05, 3.63) is 114 Å². The Hall–Kier alpha value is -2.00. The fraction of sp³-hybridized carbons (Fsp3) is 0.111. The molecule has 0 aliphatic heterocycles. The molecule has 0 atom stereocenters. The average molecular weight is 732 g/mol. The molecular weight excluding hydrogens is 708 g/mol. The monoisotopic (exact) mass is 728 g/mol. The highest BCUT2D eigenvalue weighted by atomic mass is 79.9. The SMILES string of the molecule is CC(C)(c1ccccc1O)c1ccccc1O.Oc1c(Br)cccc1Br.Oc1c(Br)cccc1Br. The van der Waals surface area contributed by atoms with Crippen LogP contribution in [0, 0.1) is 0 Å². The number of aromatic hydroxyl groups is 4. The zero-order valence-corrected chi connectivity index (χ0v) is 25.2. The molecule has 0 amide bonds. The van der Waals surface area contributed by atoms with Crippen molar-refractivity contribution >= 4 is 63.7 Å². The second-order valence-corrected chi connectivity index (χ2v) is 11.2. The van der Waals surface area contributed by atoms with Crippen molar-refractivity contribution < 1.29 is 20.4 Å². The van der Waals surface area contributed by atoms with Crippen molar-refractivity contribution in [1.29, 1.82) is 0 Å². The highest BCUT2D eigenvalue weighted by Gasteiger charge is 2.28. The number of para-hydroxylation sites is 4. The van der Waals surface area contributed by atoms with Crippen molar-refractivity contribution in [3.8, 4) is 23.0 Å². The molecule has 0 aliphatic carbocycles. The molecule has 4 N–H and O–H groups in total. The maximum Gasteiger partial charge on any atom is 0.143 e. The minimum absolute atomic E-state index is 0.248. The van der Waals surface area contributed by atoms with E-state index in [0.29, 0.717) is 17.9 Å². The van der Waals surface area contributed by atoms with E-state index in [-0.39, 0.29) is 23.0 Å². The van der Waals surface area contributed by atoms with Crippen molar-refractivity contribution in [2.75, 3.05) is 0 Å². The van der Waals surface area contributed by atoms with Gasteiger partial charge in [-0.3, -0.25) is 0 Å². The van der Waals surface area contributed by atoms with E-state index < -0.39 is 5.41 Å². The summed E-state index contributed by atoms with van der Waals surface area (Å²) in [4.78, 5) is 0. The van der Waals surface area contributed by atoms with Gasteiger partial charge in [0, 0.05) is 16.5 Å². The maximum absolute atomic E-state index is 9.92. The lowest BCUT2D eigenvalue weighted by atomic mass is 9.77. The van der Waals surface area contributed by atoms with Crippen LogP contribution in [-0.2, 0) is 5.41 Å².